The van der Waals surface area contributed by atoms with Gasteiger partial charge in [0.1, 0.15) is 6.04 Å². The molecule has 3 atom stereocenters. The first-order chi connectivity index (χ1) is 7.97. The molecule has 1 heterocycles. The van der Waals surface area contributed by atoms with Gasteiger partial charge in [0.05, 0.1) is 19.1 Å². The molecule has 1 saturated heterocycles. The minimum absolute atomic E-state index is 0.00399. The van der Waals surface area contributed by atoms with Crippen LogP contribution in [0.2, 0.25) is 0 Å². The van der Waals surface area contributed by atoms with Gasteiger partial charge in [0, 0.05) is 6.04 Å². The van der Waals surface area contributed by atoms with Crippen molar-refractivity contribution in [2.45, 2.75) is 25.9 Å². The molecule has 0 saturated carbocycles. The van der Waals surface area contributed by atoms with Gasteiger partial charge in [-0.25, -0.2) is 0 Å². The molecule has 3 unspecified atom stereocenters. The fourth-order valence-corrected chi connectivity index (χ4v) is 1.92. The molecule has 0 aromatic carbocycles. The van der Waals surface area contributed by atoms with Crippen LogP contribution in [0, 0.1) is 11.8 Å². The highest BCUT2D eigenvalue weighted by Crippen LogP contribution is 2.14. The lowest BCUT2D eigenvalue weighted by Crippen LogP contribution is -2.52. The van der Waals surface area contributed by atoms with Crippen LogP contribution in [-0.4, -0.2) is 44.2 Å². The molecule has 17 heavy (non-hydrogen) atoms. The third kappa shape index (κ3) is 3.41. The zero-order chi connectivity index (χ0) is 13.0. The SMILES string of the molecule is CNC1COCC1C(=O)NC(C(N)=O)C(C)C. The molecule has 6 nitrogen and oxygen atoms in total. The smallest absolute Gasteiger partial charge is 0.240 e. The molecular formula is C11H21N3O3. The van der Waals surface area contributed by atoms with E-state index >= 15 is 0 Å². The van der Waals surface area contributed by atoms with E-state index in [4.69, 9.17) is 10.5 Å². The predicted molar refractivity (Wildman–Crippen MR) is 63.1 cm³/mol. The normalized spacial score (nSPS) is 25.9. The van der Waals surface area contributed by atoms with Gasteiger partial charge in [0.15, 0.2) is 0 Å². The third-order valence-electron chi connectivity index (χ3n) is 3.06. The van der Waals surface area contributed by atoms with Crippen LogP contribution in [0.15, 0.2) is 0 Å². The number of carbonyl (C=O) groups is 2. The van der Waals surface area contributed by atoms with E-state index in [0.29, 0.717) is 13.2 Å². The highest BCUT2D eigenvalue weighted by atomic mass is 16.5. The van der Waals surface area contributed by atoms with Crippen LogP contribution in [0.5, 0.6) is 0 Å². The maximum Gasteiger partial charge on any atom is 0.240 e. The van der Waals surface area contributed by atoms with Crippen molar-refractivity contribution in [3.05, 3.63) is 0 Å². The second-order valence-electron chi connectivity index (χ2n) is 4.67. The van der Waals surface area contributed by atoms with Gasteiger partial charge in [0.2, 0.25) is 11.8 Å². The number of primary amides is 1. The molecule has 98 valence electrons. The number of amides is 2. The van der Waals surface area contributed by atoms with Gasteiger partial charge >= 0.3 is 0 Å². The van der Waals surface area contributed by atoms with Crippen LogP contribution in [0.4, 0.5) is 0 Å². The van der Waals surface area contributed by atoms with Crippen molar-refractivity contribution in [3.8, 4) is 0 Å². The van der Waals surface area contributed by atoms with Gasteiger partial charge in [-0.1, -0.05) is 13.8 Å². The first-order valence-electron chi connectivity index (χ1n) is 5.82. The maximum absolute atomic E-state index is 12.0. The van der Waals surface area contributed by atoms with E-state index < -0.39 is 11.9 Å². The third-order valence-corrected chi connectivity index (χ3v) is 3.06. The monoisotopic (exact) mass is 243 g/mol. The van der Waals surface area contributed by atoms with Crippen molar-refractivity contribution in [2.75, 3.05) is 20.3 Å². The number of carbonyl (C=O) groups excluding carboxylic acids is 2. The van der Waals surface area contributed by atoms with Crippen LogP contribution in [0.25, 0.3) is 0 Å². The summed E-state index contributed by atoms with van der Waals surface area (Å²) in [6.07, 6.45) is 0. The van der Waals surface area contributed by atoms with E-state index in [1.54, 1.807) is 7.05 Å². The molecule has 1 aliphatic heterocycles. The van der Waals surface area contributed by atoms with Crippen molar-refractivity contribution in [3.63, 3.8) is 0 Å². The van der Waals surface area contributed by atoms with Gasteiger partial charge < -0.3 is 21.1 Å². The number of nitrogens with two attached hydrogens (primary N) is 1. The summed E-state index contributed by atoms with van der Waals surface area (Å²) in [5.41, 5.74) is 5.25. The molecule has 6 heteroatoms. The second kappa shape index (κ2) is 5.97. The molecule has 4 N–H and O–H groups in total. The summed E-state index contributed by atoms with van der Waals surface area (Å²) >= 11 is 0. The number of rotatable bonds is 5. The van der Waals surface area contributed by atoms with Crippen molar-refractivity contribution >= 4 is 11.8 Å². The molecule has 1 fully saturated rings. The number of nitrogens with one attached hydrogen (secondary N) is 2. The summed E-state index contributed by atoms with van der Waals surface area (Å²) in [6, 6.07) is -0.628. The van der Waals surface area contributed by atoms with Crippen molar-refractivity contribution in [1.29, 1.82) is 0 Å². The molecule has 0 aromatic rings. The first kappa shape index (κ1) is 13.9. The largest absolute Gasteiger partial charge is 0.379 e. The van der Waals surface area contributed by atoms with Crippen LogP contribution in [0.1, 0.15) is 13.8 Å². The zero-order valence-electron chi connectivity index (χ0n) is 10.5. The Labute approximate surface area is 101 Å². The van der Waals surface area contributed by atoms with Gasteiger partial charge in [0.25, 0.3) is 0 Å². The highest BCUT2D eigenvalue weighted by molar-refractivity contribution is 5.88. The Morgan fingerprint density at radius 1 is 1.35 bits per heavy atom. The Bertz CT molecular complexity index is 294. The van der Waals surface area contributed by atoms with Gasteiger partial charge in [-0.15, -0.1) is 0 Å². The summed E-state index contributed by atoms with van der Waals surface area (Å²) in [7, 11) is 1.79. The maximum atomic E-state index is 12.0. The van der Waals surface area contributed by atoms with E-state index in [-0.39, 0.29) is 23.8 Å². The number of likely N-dealkylation sites (N-methyl/N-ethyl adjacent to an activating group) is 1. The molecule has 0 radical (unpaired) electrons. The lowest BCUT2D eigenvalue weighted by Gasteiger charge is -2.22. The summed E-state index contributed by atoms with van der Waals surface area (Å²) in [4.78, 5) is 23.2. The lowest BCUT2D eigenvalue weighted by molar-refractivity contribution is -0.131. The minimum Gasteiger partial charge on any atom is -0.379 e. The number of hydrogen-bond acceptors (Lipinski definition) is 4. The molecule has 1 aliphatic rings. The van der Waals surface area contributed by atoms with E-state index in [2.05, 4.69) is 10.6 Å². The summed E-state index contributed by atoms with van der Waals surface area (Å²) < 4.78 is 5.24. The molecule has 0 bridgehead atoms. The highest BCUT2D eigenvalue weighted by Gasteiger charge is 2.35. The zero-order valence-corrected chi connectivity index (χ0v) is 10.5. The van der Waals surface area contributed by atoms with Crippen LogP contribution in [0.3, 0.4) is 0 Å². The average Bonchev–Trinajstić information content (AvgIpc) is 2.72. The molecule has 0 aliphatic carbocycles. The quantitative estimate of drug-likeness (QED) is 0.568. The van der Waals surface area contributed by atoms with E-state index in [9.17, 15) is 9.59 Å². The topological polar surface area (TPSA) is 93.4 Å². The Morgan fingerprint density at radius 3 is 2.47 bits per heavy atom. The molecule has 2 amide bonds. The standard InChI is InChI=1S/C11H21N3O3/c1-6(2)9(10(12)15)14-11(16)7-4-17-5-8(7)13-3/h6-9,13H,4-5H2,1-3H3,(H2,12,15)(H,14,16). The van der Waals surface area contributed by atoms with Crippen LogP contribution in [-0.2, 0) is 14.3 Å². The summed E-state index contributed by atoms with van der Waals surface area (Å²) in [5.74, 6) is -0.972. The molecule has 0 aromatic heterocycles. The minimum atomic E-state index is -0.624. The van der Waals surface area contributed by atoms with Gasteiger partial charge in [-0.3, -0.25) is 9.59 Å². The van der Waals surface area contributed by atoms with E-state index in [0.717, 1.165) is 0 Å². The molecular weight excluding hydrogens is 222 g/mol. The number of ether oxygens (including phenoxy) is 1. The summed E-state index contributed by atoms with van der Waals surface area (Å²) in [6.45, 7) is 4.57. The van der Waals surface area contributed by atoms with Crippen molar-refractivity contribution in [1.82, 2.24) is 10.6 Å². The Balaban J connectivity index is 2.61. The van der Waals surface area contributed by atoms with Crippen molar-refractivity contribution < 1.29 is 14.3 Å². The molecule has 0 spiro atoms. The fourth-order valence-electron chi connectivity index (χ4n) is 1.92. The van der Waals surface area contributed by atoms with Gasteiger partial charge in [-0.05, 0) is 13.0 Å². The van der Waals surface area contributed by atoms with Crippen LogP contribution < -0.4 is 16.4 Å². The summed E-state index contributed by atoms with van der Waals surface area (Å²) in [5, 5.41) is 5.71. The molecule has 1 rings (SSSR count). The Morgan fingerprint density at radius 2 is 2.00 bits per heavy atom. The van der Waals surface area contributed by atoms with E-state index in [1.165, 1.54) is 0 Å². The Kier molecular flexibility index (Phi) is 4.89. The average molecular weight is 243 g/mol. The second-order valence-corrected chi connectivity index (χ2v) is 4.67. The Hall–Kier alpha value is -1.14. The van der Waals surface area contributed by atoms with Crippen LogP contribution >= 0.6 is 0 Å². The lowest BCUT2D eigenvalue weighted by atomic mass is 9.99. The van der Waals surface area contributed by atoms with E-state index in [1.807, 2.05) is 13.8 Å². The van der Waals surface area contributed by atoms with Gasteiger partial charge in [-0.2, -0.15) is 0 Å². The fraction of sp³-hybridized carbons (Fsp3) is 0.818. The predicted octanol–water partition coefficient (Wildman–Crippen LogP) is -1.15. The number of hydrogen-bond donors (Lipinski definition) is 3. The first-order valence-corrected chi connectivity index (χ1v) is 5.82. The van der Waals surface area contributed by atoms with Crippen molar-refractivity contribution in [2.24, 2.45) is 17.6 Å².